The standard InChI is InChI=1S/C12H12Br2N2O/c1-6(2)10-11(16-17-12(10)15)8-5-7(13)3-4-9(8)14/h3-6H,15H2,1-2H3. The second kappa shape index (κ2) is 4.82. The zero-order chi connectivity index (χ0) is 12.6. The third kappa shape index (κ3) is 2.40. The summed E-state index contributed by atoms with van der Waals surface area (Å²) < 4.78 is 7.06. The first-order valence-electron chi connectivity index (χ1n) is 5.21. The molecule has 17 heavy (non-hydrogen) atoms. The molecule has 0 aliphatic heterocycles. The first-order valence-corrected chi connectivity index (χ1v) is 6.79. The third-order valence-corrected chi connectivity index (χ3v) is 3.70. The van der Waals surface area contributed by atoms with Crippen molar-refractivity contribution in [3.05, 3.63) is 32.7 Å². The molecule has 5 heteroatoms. The van der Waals surface area contributed by atoms with Crippen LogP contribution in [0, 0.1) is 0 Å². The largest absolute Gasteiger partial charge is 0.367 e. The SMILES string of the molecule is CC(C)c1c(-c2cc(Br)ccc2Br)noc1N. The van der Waals surface area contributed by atoms with Gasteiger partial charge in [0.1, 0.15) is 5.69 Å². The molecule has 0 radical (unpaired) electrons. The summed E-state index contributed by atoms with van der Waals surface area (Å²) in [7, 11) is 0. The Kier molecular flexibility index (Phi) is 3.58. The molecule has 1 aromatic carbocycles. The number of hydrogen-bond donors (Lipinski definition) is 1. The van der Waals surface area contributed by atoms with Gasteiger partial charge in [-0.05, 0) is 24.1 Å². The zero-order valence-electron chi connectivity index (χ0n) is 9.50. The van der Waals surface area contributed by atoms with Gasteiger partial charge in [-0.1, -0.05) is 50.9 Å². The van der Waals surface area contributed by atoms with E-state index in [0.717, 1.165) is 25.8 Å². The minimum absolute atomic E-state index is 0.266. The lowest BCUT2D eigenvalue weighted by Crippen LogP contribution is -1.95. The number of rotatable bonds is 2. The highest BCUT2D eigenvalue weighted by molar-refractivity contribution is 9.11. The minimum atomic E-state index is 0.266. The van der Waals surface area contributed by atoms with Gasteiger partial charge in [0.15, 0.2) is 0 Å². The van der Waals surface area contributed by atoms with E-state index in [1.165, 1.54) is 0 Å². The topological polar surface area (TPSA) is 52.0 Å². The van der Waals surface area contributed by atoms with E-state index in [9.17, 15) is 0 Å². The average Bonchev–Trinajstić information content (AvgIpc) is 2.64. The third-order valence-electron chi connectivity index (χ3n) is 2.52. The maximum atomic E-state index is 5.81. The number of aromatic nitrogens is 1. The van der Waals surface area contributed by atoms with E-state index in [0.29, 0.717) is 5.88 Å². The van der Waals surface area contributed by atoms with E-state index < -0.39 is 0 Å². The predicted molar refractivity (Wildman–Crippen MR) is 75.8 cm³/mol. The highest BCUT2D eigenvalue weighted by Gasteiger charge is 2.20. The molecule has 3 nitrogen and oxygen atoms in total. The van der Waals surface area contributed by atoms with Gasteiger partial charge in [-0.25, -0.2) is 0 Å². The monoisotopic (exact) mass is 358 g/mol. The van der Waals surface area contributed by atoms with Gasteiger partial charge in [0.25, 0.3) is 0 Å². The predicted octanol–water partition coefficient (Wildman–Crippen LogP) is 4.57. The summed E-state index contributed by atoms with van der Waals surface area (Å²) in [6.45, 7) is 4.14. The minimum Gasteiger partial charge on any atom is -0.367 e. The van der Waals surface area contributed by atoms with Gasteiger partial charge < -0.3 is 10.3 Å². The summed E-state index contributed by atoms with van der Waals surface area (Å²) in [4.78, 5) is 0. The molecule has 0 bridgehead atoms. The summed E-state index contributed by atoms with van der Waals surface area (Å²) in [5.74, 6) is 0.656. The summed E-state index contributed by atoms with van der Waals surface area (Å²) >= 11 is 6.97. The van der Waals surface area contributed by atoms with Crippen LogP contribution in [-0.4, -0.2) is 5.16 Å². The molecule has 0 atom stereocenters. The number of hydrogen-bond acceptors (Lipinski definition) is 3. The lowest BCUT2D eigenvalue weighted by Gasteiger charge is -2.07. The molecule has 0 aliphatic rings. The summed E-state index contributed by atoms with van der Waals surface area (Å²) in [6.07, 6.45) is 0. The first-order chi connectivity index (χ1) is 8.00. The second-order valence-corrected chi connectivity index (χ2v) is 5.86. The van der Waals surface area contributed by atoms with Gasteiger partial charge in [0.05, 0.1) is 0 Å². The van der Waals surface area contributed by atoms with Crippen molar-refractivity contribution >= 4 is 37.7 Å². The van der Waals surface area contributed by atoms with Crippen molar-refractivity contribution in [2.24, 2.45) is 0 Å². The highest BCUT2D eigenvalue weighted by atomic mass is 79.9. The van der Waals surface area contributed by atoms with E-state index >= 15 is 0 Å². The van der Waals surface area contributed by atoms with Crippen LogP contribution in [0.15, 0.2) is 31.7 Å². The summed E-state index contributed by atoms with van der Waals surface area (Å²) in [6, 6.07) is 5.92. The Bertz CT molecular complexity index is 549. The van der Waals surface area contributed by atoms with Crippen LogP contribution in [0.1, 0.15) is 25.3 Å². The Morgan fingerprint density at radius 1 is 1.29 bits per heavy atom. The smallest absolute Gasteiger partial charge is 0.226 e. The number of anilines is 1. The van der Waals surface area contributed by atoms with Gasteiger partial charge >= 0.3 is 0 Å². The molecule has 0 saturated carbocycles. The Morgan fingerprint density at radius 2 is 2.00 bits per heavy atom. The molecule has 2 rings (SSSR count). The fourth-order valence-corrected chi connectivity index (χ4v) is 2.54. The Hall–Kier alpha value is -0.810. The van der Waals surface area contributed by atoms with E-state index in [1.807, 2.05) is 18.2 Å². The lowest BCUT2D eigenvalue weighted by molar-refractivity contribution is 0.438. The molecule has 2 N–H and O–H groups in total. The number of nitrogen functional groups attached to an aromatic ring is 1. The van der Waals surface area contributed by atoms with Gasteiger partial charge in [-0.3, -0.25) is 0 Å². The van der Waals surface area contributed by atoms with Gasteiger partial charge in [-0.15, -0.1) is 0 Å². The van der Waals surface area contributed by atoms with Crippen molar-refractivity contribution in [1.82, 2.24) is 5.16 Å². The van der Waals surface area contributed by atoms with Crippen LogP contribution >= 0.6 is 31.9 Å². The van der Waals surface area contributed by atoms with Gasteiger partial charge in [-0.2, -0.15) is 0 Å². The Balaban J connectivity index is 2.64. The van der Waals surface area contributed by atoms with Crippen LogP contribution in [0.5, 0.6) is 0 Å². The Morgan fingerprint density at radius 3 is 2.65 bits per heavy atom. The normalized spacial score (nSPS) is 11.1. The lowest BCUT2D eigenvalue weighted by atomic mass is 9.99. The Labute approximate surface area is 117 Å². The van der Waals surface area contributed by atoms with E-state index in [2.05, 4.69) is 50.9 Å². The van der Waals surface area contributed by atoms with Gasteiger partial charge in [0, 0.05) is 20.1 Å². The maximum Gasteiger partial charge on any atom is 0.226 e. The van der Waals surface area contributed by atoms with Crippen molar-refractivity contribution in [3.63, 3.8) is 0 Å². The molecule has 0 amide bonds. The number of nitrogens with zero attached hydrogens (tertiary/aromatic N) is 1. The van der Waals surface area contributed by atoms with Crippen LogP contribution in [0.2, 0.25) is 0 Å². The quantitative estimate of drug-likeness (QED) is 0.854. The van der Waals surface area contributed by atoms with Crippen LogP contribution < -0.4 is 5.73 Å². The zero-order valence-corrected chi connectivity index (χ0v) is 12.7. The molecule has 90 valence electrons. The van der Waals surface area contributed by atoms with Crippen LogP contribution in [-0.2, 0) is 0 Å². The van der Waals surface area contributed by atoms with Gasteiger partial charge in [0.2, 0.25) is 5.88 Å². The van der Waals surface area contributed by atoms with Crippen molar-refractivity contribution in [1.29, 1.82) is 0 Å². The summed E-state index contributed by atoms with van der Waals surface area (Å²) in [5.41, 5.74) is 8.53. The molecular formula is C12H12Br2N2O. The molecule has 2 aromatic rings. The van der Waals surface area contributed by atoms with E-state index in [4.69, 9.17) is 10.3 Å². The molecule has 0 unspecified atom stereocenters. The van der Waals surface area contributed by atoms with E-state index in [1.54, 1.807) is 0 Å². The molecule has 0 aliphatic carbocycles. The summed E-state index contributed by atoms with van der Waals surface area (Å²) in [5, 5.41) is 4.06. The average molecular weight is 360 g/mol. The van der Waals surface area contributed by atoms with Crippen LogP contribution in [0.3, 0.4) is 0 Å². The molecule has 1 aromatic heterocycles. The van der Waals surface area contributed by atoms with Crippen molar-refractivity contribution in [3.8, 4) is 11.3 Å². The van der Waals surface area contributed by atoms with Crippen molar-refractivity contribution in [2.45, 2.75) is 19.8 Å². The van der Waals surface area contributed by atoms with Crippen molar-refractivity contribution in [2.75, 3.05) is 5.73 Å². The van der Waals surface area contributed by atoms with E-state index in [-0.39, 0.29) is 5.92 Å². The number of benzene rings is 1. The number of halogens is 2. The molecular weight excluding hydrogens is 348 g/mol. The fraction of sp³-hybridized carbons (Fsp3) is 0.250. The molecule has 0 spiro atoms. The molecule has 1 heterocycles. The fourth-order valence-electron chi connectivity index (χ4n) is 1.74. The van der Waals surface area contributed by atoms with Crippen LogP contribution in [0.25, 0.3) is 11.3 Å². The van der Waals surface area contributed by atoms with Crippen LogP contribution in [0.4, 0.5) is 5.88 Å². The maximum absolute atomic E-state index is 5.81. The molecule has 0 fully saturated rings. The van der Waals surface area contributed by atoms with Crippen molar-refractivity contribution < 1.29 is 4.52 Å². The second-order valence-electron chi connectivity index (χ2n) is 4.09. The molecule has 0 saturated heterocycles. The number of nitrogens with two attached hydrogens (primary N) is 1. The first kappa shape index (κ1) is 12.6. The highest BCUT2D eigenvalue weighted by Crippen LogP contribution is 2.37.